The molecule has 0 saturated heterocycles. The van der Waals surface area contributed by atoms with Crippen molar-refractivity contribution in [3.8, 4) is 11.5 Å². The van der Waals surface area contributed by atoms with E-state index in [1.807, 2.05) is 0 Å². The molecule has 0 radical (unpaired) electrons. The van der Waals surface area contributed by atoms with Crippen LogP contribution >= 0.6 is 0 Å². The van der Waals surface area contributed by atoms with Crippen molar-refractivity contribution in [3.63, 3.8) is 0 Å². The number of benzene rings is 2. The van der Waals surface area contributed by atoms with Crippen LogP contribution in [0, 0.1) is 5.82 Å². The molecule has 2 rings (SSSR count). The van der Waals surface area contributed by atoms with E-state index >= 15 is 0 Å². The van der Waals surface area contributed by atoms with Crippen molar-refractivity contribution in [2.75, 3.05) is 7.05 Å². The van der Waals surface area contributed by atoms with Gasteiger partial charge in [0, 0.05) is 12.1 Å². The summed E-state index contributed by atoms with van der Waals surface area (Å²) >= 11 is 0. The summed E-state index contributed by atoms with van der Waals surface area (Å²) in [7, 11) is 1.80. The summed E-state index contributed by atoms with van der Waals surface area (Å²) in [5, 5.41) is 12.2. The Morgan fingerprint density at radius 1 is 1.16 bits per heavy atom. The van der Waals surface area contributed by atoms with Gasteiger partial charge in [-0.2, -0.15) is 0 Å². The second kappa shape index (κ2) is 6.20. The van der Waals surface area contributed by atoms with Crippen LogP contribution < -0.4 is 10.1 Å². The Hall–Kier alpha value is -2.07. The molecule has 0 aliphatic heterocycles. The molecule has 0 saturated carbocycles. The minimum atomic E-state index is -0.276. The number of phenols is 1. The van der Waals surface area contributed by atoms with Gasteiger partial charge in [-0.15, -0.1) is 0 Å². The van der Waals surface area contributed by atoms with Crippen molar-refractivity contribution in [1.29, 1.82) is 0 Å². The first-order chi connectivity index (χ1) is 9.19. The van der Waals surface area contributed by atoms with Gasteiger partial charge in [-0.25, -0.2) is 4.39 Å². The topological polar surface area (TPSA) is 41.5 Å². The van der Waals surface area contributed by atoms with Crippen molar-refractivity contribution in [2.24, 2.45) is 0 Å². The summed E-state index contributed by atoms with van der Waals surface area (Å²) in [6.45, 7) is 0.922. The molecule has 0 bridgehead atoms. The van der Waals surface area contributed by atoms with Gasteiger partial charge in [0.05, 0.1) is 0 Å². The molecule has 3 nitrogen and oxygen atoms in total. The quantitative estimate of drug-likeness (QED) is 0.869. The van der Waals surface area contributed by atoms with E-state index in [1.165, 1.54) is 12.1 Å². The normalized spacial score (nSPS) is 10.4. The number of rotatable bonds is 5. The molecule has 0 aromatic heterocycles. The SMILES string of the molecule is CNCc1cc(F)ccc1OCc1ccc(O)cc1. The molecule has 0 heterocycles. The molecular weight excluding hydrogens is 245 g/mol. The molecule has 2 aromatic carbocycles. The zero-order chi connectivity index (χ0) is 13.7. The second-order valence-corrected chi connectivity index (χ2v) is 4.24. The Labute approximate surface area is 111 Å². The van der Waals surface area contributed by atoms with Crippen LogP contribution in [0.5, 0.6) is 11.5 Å². The first kappa shape index (κ1) is 13.4. The van der Waals surface area contributed by atoms with E-state index in [-0.39, 0.29) is 11.6 Å². The fourth-order valence-corrected chi connectivity index (χ4v) is 1.77. The van der Waals surface area contributed by atoms with E-state index in [1.54, 1.807) is 37.4 Å². The van der Waals surface area contributed by atoms with Gasteiger partial charge in [0.2, 0.25) is 0 Å². The van der Waals surface area contributed by atoms with Crippen molar-refractivity contribution >= 4 is 0 Å². The van der Waals surface area contributed by atoms with Crippen LogP contribution in [0.25, 0.3) is 0 Å². The Balaban J connectivity index is 2.08. The molecule has 100 valence electrons. The van der Waals surface area contributed by atoms with Crippen molar-refractivity contribution < 1.29 is 14.2 Å². The predicted octanol–water partition coefficient (Wildman–Crippen LogP) is 2.83. The molecule has 0 amide bonds. The smallest absolute Gasteiger partial charge is 0.124 e. The summed E-state index contributed by atoms with van der Waals surface area (Å²) in [5.41, 5.74) is 1.72. The van der Waals surface area contributed by atoms with E-state index in [0.717, 1.165) is 11.1 Å². The van der Waals surface area contributed by atoms with Crippen LogP contribution in [0.2, 0.25) is 0 Å². The van der Waals surface area contributed by atoms with Crippen LogP contribution in [0.4, 0.5) is 4.39 Å². The minimum Gasteiger partial charge on any atom is -0.508 e. The lowest BCUT2D eigenvalue weighted by Crippen LogP contribution is -2.08. The maximum atomic E-state index is 13.2. The van der Waals surface area contributed by atoms with Crippen LogP contribution in [0.15, 0.2) is 42.5 Å². The fraction of sp³-hybridized carbons (Fsp3) is 0.200. The number of halogens is 1. The van der Waals surface area contributed by atoms with E-state index in [9.17, 15) is 9.50 Å². The third kappa shape index (κ3) is 3.69. The molecule has 0 atom stereocenters. The average molecular weight is 261 g/mol. The number of phenolic OH excluding ortho intramolecular Hbond substituents is 1. The van der Waals surface area contributed by atoms with Crippen molar-refractivity contribution in [1.82, 2.24) is 5.32 Å². The number of hydrogen-bond donors (Lipinski definition) is 2. The fourth-order valence-electron chi connectivity index (χ4n) is 1.77. The van der Waals surface area contributed by atoms with Crippen LogP contribution in [0.3, 0.4) is 0 Å². The Morgan fingerprint density at radius 3 is 2.58 bits per heavy atom. The largest absolute Gasteiger partial charge is 0.508 e. The van der Waals surface area contributed by atoms with Gasteiger partial charge in [-0.3, -0.25) is 0 Å². The van der Waals surface area contributed by atoms with Gasteiger partial charge in [-0.1, -0.05) is 12.1 Å². The van der Waals surface area contributed by atoms with E-state index in [4.69, 9.17) is 4.74 Å². The molecule has 0 aliphatic rings. The molecule has 0 unspecified atom stereocenters. The predicted molar refractivity (Wildman–Crippen MR) is 71.6 cm³/mol. The van der Waals surface area contributed by atoms with E-state index in [0.29, 0.717) is 18.9 Å². The highest BCUT2D eigenvalue weighted by molar-refractivity contribution is 5.34. The van der Waals surface area contributed by atoms with Crippen molar-refractivity contribution in [3.05, 3.63) is 59.4 Å². The maximum Gasteiger partial charge on any atom is 0.124 e. The number of nitrogens with one attached hydrogen (secondary N) is 1. The molecule has 19 heavy (non-hydrogen) atoms. The number of hydrogen-bond acceptors (Lipinski definition) is 3. The Kier molecular flexibility index (Phi) is 4.36. The van der Waals surface area contributed by atoms with Crippen molar-refractivity contribution in [2.45, 2.75) is 13.2 Å². The first-order valence-electron chi connectivity index (χ1n) is 6.03. The van der Waals surface area contributed by atoms with Crippen LogP contribution in [-0.4, -0.2) is 12.2 Å². The highest BCUT2D eigenvalue weighted by atomic mass is 19.1. The maximum absolute atomic E-state index is 13.2. The summed E-state index contributed by atoms with van der Waals surface area (Å²) < 4.78 is 18.8. The highest BCUT2D eigenvalue weighted by Crippen LogP contribution is 2.21. The lowest BCUT2D eigenvalue weighted by atomic mass is 10.2. The van der Waals surface area contributed by atoms with Gasteiger partial charge in [0.1, 0.15) is 23.9 Å². The van der Waals surface area contributed by atoms with E-state index < -0.39 is 0 Å². The third-order valence-corrected chi connectivity index (χ3v) is 2.72. The van der Waals surface area contributed by atoms with Gasteiger partial charge < -0.3 is 15.2 Å². The Morgan fingerprint density at radius 2 is 1.89 bits per heavy atom. The van der Waals surface area contributed by atoms with Gasteiger partial charge in [0.25, 0.3) is 0 Å². The summed E-state index contributed by atoms with van der Waals surface area (Å²) in [4.78, 5) is 0. The van der Waals surface area contributed by atoms with Crippen LogP contribution in [0.1, 0.15) is 11.1 Å². The molecule has 4 heteroatoms. The molecule has 0 spiro atoms. The Bertz CT molecular complexity index is 540. The first-order valence-corrected chi connectivity index (χ1v) is 6.03. The van der Waals surface area contributed by atoms with Gasteiger partial charge in [-0.05, 0) is 42.9 Å². The standard InChI is InChI=1S/C15H16FNO2/c1-17-9-12-8-13(16)4-7-15(12)19-10-11-2-5-14(18)6-3-11/h2-8,17-18H,9-10H2,1H3. The van der Waals surface area contributed by atoms with Crippen LogP contribution in [-0.2, 0) is 13.2 Å². The molecule has 2 aromatic rings. The molecular formula is C15H16FNO2. The summed E-state index contributed by atoms with van der Waals surface area (Å²) in [6.07, 6.45) is 0. The summed E-state index contributed by atoms with van der Waals surface area (Å²) in [5.74, 6) is 0.604. The molecule has 2 N–H and O–H groups in total. The highest BCUT2D eigenvalue weighted by Gasteiger charge is 2.05. The monoisotopic (exact) mass is 261 g/mol. The third-order valence-electron chi connectivity index (χ3n) is 2.72. The number of aromatic hydroxyl groups is 1. The second-order valence-electron chi connectivity index (χ2n) is 4.24. The average Bonchev–Trinajstić information content (AvgIpc) is 2.40. The minimum absolute atomic E-state index is 0.224. The van der Waals surface area contributed by atoms with Gasteiger partial charge >= 0.3 is 0 Å². The summed E-state index contributed by atoms with van der Waals surface area (Å²) in [6, 6.07) is 11.3. The number of ether oxygens (including phenoxy) is 1. The zero-order valence-electron chi connectivity index (χ0n) is 10.7. The lowest BCUT2D eigenvalue weighted by Gasteiger charge is -2.11. The molecule has 0 fully saturated rings. The van der Waals surface area contributed by atoms with E-state index in [2.05, 4.69) is 5.32 Å². The zero-order valence-corrected chi connectivity index (χ0v) is 10.7. The lowest BCUT2D eigenvalue weighted by molar-refractivity contribution is 0.301. The molecule has 0 aliphatic carbocycles. The van der Waals surface area contributed by atoms with Gasteiger partial charge in [0.15, 0.2) is 0 Å².